The van der Waals surface area contributed by atoms with E-state index in [4.69, 9.17) is 0 Å². The standard InChI is InChI=1S/C17H16N4O2S2/c1-9-13(24-11(3)18-9)15(22)20-21-16(23)14-10(2)19-17(25-14)12-7-5-4-6-8-12/h4-8H,1-3H3,(H,20,22)(H,21,23). The molecule has 2 aromatic heterocycles. The molecule has 0 radical (unpaired) electrons. The van der Waals surface area contributed by atoms with Gasteiger partial charge in [-0.1, -0.05) is 30.3 Å². The lowest BCUT2D eigenvalue weighted by Crippen LogP contribution is -2.41. The molecule has 6 nitrogen and oxygen atoms in total. The van der Waals surface area contributed by atoms with Crippen molar-refractivity contribution in [3.8, 4) is 10.6 Å². The van der Waals surface area contributed by atoms with E-state index in [1.54, 1.807) is 13.8 Å². The Labute approximate surface area is 152 Å². The van der Waals surface area contributed by atoms with Crippen LogP contribution in [0.3, 0.4) is 0 Å². The Morgan fingerprint density at radius 2 is 1.40 bits per heavy atom. The number of rotatable bonds is 3. The molecule has 128 valence electrons. The first-order valence-electron chi connectivity index (χ1n) is 7.53. The quantitative estimate of drug-likeness (QED) is 0.691. The van der Waals surface area contributed by atoms with Crippen molar-refractivity contribution in [2.75, 3.05) is 0 Å². The summed E-state index contributed by atoms with van der Waals surface area (Å²) >= 11 is 2.58. The zero-order chi connectivity index (χ0) is 18.0. The number of aromatic nitrogens is 2. The van der Waals surface area contributed by atoms with Crippen molar-refractivity contribution >= 4 is 34.5 Å². The number of nitrogens with one attached hydrogen (secondary N) is 2. The predicted octanol–water partition coefficient (Wildman–Crippen LogP) is 3.27. The van der Waals surface area contributed by atoms with E-state index in [9.17, 15) is 9.59 Å². The SMILES string of the molecule is Cc1nc(C)c(C(=O)NNC(=O)c2sc(-c3ccccc3)nc2C)s1. The van der Waals surface area contributed by atoms with Crippen molar-refractivity contribution in [2.45, 2.75) is 20.8 Å². The number of benzene rings is 1. The van der Waals surface area contributed by atoms with Crippen LogP contribution in [0.5, 0.6) is 0 Å². The Morgan fingerprint density at radius 1 is 0.840 bits per heavy atom. The maximum Gasteiger partial charge on any atom is 0.281 e. The number of carbonyl (C=O) groups excluding carboxylic acids is 2. The summed E-state index contributed by atoms with van der Waals surface area (Å²) in [5.74, 6) is -0.758. The van der Waals surface area contributed by atoms with Crippen molar-refractivity contribution < 1.29 is 9.59 Å². The second kappa shape index (κ2) is 7.12. The zero-order valence-electron chi connectivity index (χ0n) is 13.9. The molecule has 2 heterocycles. The molecule has 0 aliphatic carbocycles. The Bertz CT molecular complexity index is 932. The number of nitrogens with zero attached hydrogens (tertiary/aromatic N) is 2. The fourth-order valence-corrected chi connectivity index (χ4v) is 4.06. The third kappa shape index (κ3) is 3.75. The summed E-state index contributed by atoms with van der Waals surface area (Å²) in [4.78, 5) is 34.1. The summed E-state index contributed by atoms with van der Waals surface area (Å²) in [6.45, 7) is 5.37. The molecular weight excluding hydrogens is 356 g/mol. The second-order valence-electron chi connectivity index (χ2n) is 5.36. The van der Waals surface area contributed by atoms with Crippen LogP contribution in [0.15, 0.2) is 30.3 Å². The molecule has 0 atom stereocenters. The van der Waals surface area contributed by atoms with Crippen molar-refractivity contribution in [1.82, 2.24) is 20.8 Å². The third-order valence-electron chi connectivity index (χ3n) is 3.42. The predicted molar refractivity (Wildman–Crippen MR) is 98.8 cm³/mol. The van der Waals surface area contributed by atoms with Crippen molar-refractivity contribution in [3.63, 3.8) is 0 Å². The van der Waals surface area contributed by atoms with Crippen LogP contribution in [0.2, 0.25) is 0 Å². The average Bonchev–Trinajstić information content (AvgIpc) is 3.15. The van der Waals surface area contributed by atoms with E-state index < -0.39 is 0 Å². The van der Waals surface area contributed by atoms with Crippen LogP contribution < -0.4 is 10.9 Å². The van der Waals surface area contributed by atoms with Crippen LogP contribution in [0, 0.1) is 20.8 Å². The number of amides is 2. The van der Waals surface area contributed by atoms with E-state index in [2.05, 4.69) is 20.8 Å². The molecule has 0 saturated carbocycles. The van der Waals surface area contributed by atoms with Crippen LogP contribution in [0.1, 0.15) is 35.7 Å². The minimum atomic E-state index is -0.385. The molecular formula is C17H16N4O2S2. The molecule has 1 aromatic carbocycles. The lowest BCUT2D eigenvalue weighted by atomic mass is 10.2. The van der Waals surface area contributed by atoms with Gasteiger partial charge in [-0.2, -0.15) is 0 Å². The van der Waals surface area contributed by atoms with Crippen LogP contribution in [-0.2, 0) is 0 Å². The van der Waals surface area contributed by atoms with Gasteiger partial charge in [0.1, 0.15) is 14.8 Å². The summed E-state index contributed by atoms with van der Waals surface area (Å²) in [6.07, 6.45) is 0. The fourth-order valence-electron chi connectivity index (χ4n) is 2.28. The Kier molecular flexibility index (Phi) is 4.91. The van der Waals surface area contributed by atoms with Crippen LogP contribution >= 0.6 is 22.7 Å². The summed E-state index contributed by atoms with van der Waals surface area (Å²) in [5.41, 5.74) is 7.11. The van der Waals surface area contributed by atoms with Crippen LogP contribution in [-0.4, -0.2) is 21.8 Å². The largest absolute Gasteiger partial charge is 0.281 e. The lowest BCUT2D eigenvalue weighted by Gasteiger charge is -2.05. The lowest BCUT2D eigenvalue weighted by molar-refractivity contribution is 0.0850. The number of hydrogen-bond acceptors (Lipinski definition) is 6. The monoisotopic (exact) mass is 372 g/mol. The highest BCUT2D eigenvalue weighted by molar-refractivity contribution is 7.17. The summed E-state index contributed by atoms with van der Waals surface area (Å²) < 4.78 is 0. The van der Waals surface area contributed by atoms with E-state index in [0.29, 0.717) is 21.1 Å². The summed E-state index contributed by atoms with van der Waals surface area (Å²) in [7, 11) is 0. The van der Waals surface area contributed by atoms with Gasteiger partial charge < -0.3 is 0 Å². The Balaban J connectivity index is 1.71. The first-order chi connectivity index (χ1) is 12.0. The molecule has 3 rings (SSSR count). The smallest absolute Gasteiger partial charge is 0.266 e. The zero-order valence-corrected chi connectivity index (χ0v) is 15.5. The molecule has 8 heteroatoms. The van der Waals surface area contributed by atoms with Gasteiger partial charge in [-0.05, 0) is 20.8 Å². The molecule has 0 aliphatic rings. The first-order valence-corrected chi connectivity index (χ1v) is 9.16. The van der Waals surface area contributed by atoms with Gasteiger partial charge in [0.2, 0.25) is 0 Å². The molecule has 25 heavy (non-hydrogen) atoms. The van der Waals surface area contributed by atoms with E-state index in [0.717, 1.165) is 15.6 Å². The van der Waals surface area contributed by atoms with Crippen molar-refractivity contribution in [1.29, 1.82) is 0 Å². The minimum absolute atomic E-state index is 0.373. The van der Waals surface area contributed by atoms with Crippen molar-refractivity contribution in [2.24, 2.45) is 0 Å². The third-order valence-corrected chi connectivity index (χ3v) is 5.70. The molecule has 0 saturated heterocycles. The maximum absolute atomic E-state index is 12.4. The average molecular weight is 372 g/mol. The van der Waals surface area contributed by atoms with Gasteiger partial charge in [-0.25, -0.2) is 9.97 Å². The molecule has 0 fully saturated rings. The Morgan fingerprint density at radius 3 is 1.96 bits per heavy atom. The van der Waals surface area contributed by atoms with E-state index in [1.807, 2.05) is 37.3 Å². The van der Waals surface area contributed by atoms with Crippen LogP contribution in [0.4, 0.5) is 0 Å². The van der Waals surface area contributed by atoms with Gasteiger partial charge in [0.25, 0.3) is 11.8 Å². The van der Waals surface area contributed by atoms with E-state index >= 15 is 0 Å². The second-order valence-corrected chi connectivity index (χ2v) is 7.56. The topological polar surface area (TPSA) is 84.0 Å². The normalized spacial score (nSPS) is 10.5. The van der Waals surface area contributed by atoms with Gasteiger partial charge in [-0.3, -0.25) is 20.4 Å². The van der Waals surface area contributed by atoms with Gasteiger partial charge in [0, 0.05) is 5.56 Å². The molecule has 0 bridgehead atoms. The number of thiazole rings is 2. The summed E-state index contributed by atoms with van der Waals surface area (Å²) in [6, 6.07) is 9.65. The molecule has 2 amide bonds. The molecule has 3 aromatic rings. The Hall–Kier alpha value is -2.58. The van der Waals surface area contributed by atoms with Gasteiger partial charge in [0.15, 0.2) is 0 Å². The molecule has 0 unspecified atom stereocenters. The number of hydrogen-bond donors (Lipinski definition) is 2. The van der Waals surface area contributed by atoms with Crippen LogP contribution in [0.25, 0.3) is 10.6 Å². The fraction of sp³-hybridized carbons (Fsp3) is 0.176. The highest BCUT2D eigenvalue weighted by atomic mass is 32.1. The van der Waals surface area contributed by atoms with E-state index in [-0.39, 0.29) is 11.8 Å². The van der Waals surface area contributed by atoms with E-state index in [1.165, 1.54) is 22.7 Å². The van der Waals surface area contributed by atoms with Gasteiger partial charge >= 0.3 is 0 Å². The molecule has 2 N–H and O–H groups in total. The minimum Gasteiger partial charge on any atom is -0.266 e. The molecule has 0 spiro atoms. The number of aryl methyl sites for hydroxylation is 3. The first kappa shape index (κ1) is 17.2. The summed E-state index contributed by atoms with van der Waals surface area (Å²) in [5, 5.41) is 1.57. The number of carbonyl (C=O) groups is 2. The highest BCUT2D eigenvalue weighted by Gasteiger charge is 2.18. The van der Waals surface area contributed by atoms with Gasteiger partial charge in [0.05, 0.1) is 16.4 Å². The van der Waals surface area contributed by atoms with Gasteiger partial charge in [-0.15, -0.1) is 22.7 Å². The maximum atomic E-state index is 12.4. The highest BCUT2D eigenvalue weighted by Crippen LogP contribution is 2.27. The number of hydrazine groups is 1. The van der Waals surface area contributed by atoms with Crippen molar-refractivity contribution in [3.05, 3.63) is 56.5 Å². The molecule has 0 aliphatic heterocycles.